The molecular formula is C14H15F4N3O2. The van der Waals surface area contributed by atoms with Crippen LogP contribution in [0.5, 0.6) is 5.75 Å². The number of hydrogen-bond donors (Lipinski definition) is 1. The summed E-state index contributed by atoms with van der Waals surface area (Å²) in [6.07, 6.45) is -5.82. The quantitative estimate of drug-likeness (QED) is 0.382. The smallest absolute Gasteiger partial charge is 0.417 e. The normalized spacial score (nSPS) is 26.2. The van der Waals surface area contributed by atoms with E-state index in [1.54, 1.807) is 0 Å². The first kappa shape index (κ1) is 17.4. The zero-order valence-electron chi connectivity index (χ0n) is 12.6. The number of hydrogen-bond acceptors (Lipinski definition) is 3. The second-order valence-electron chi connectivity index (χ2n) is 6.13. The van der Waals surface area contributed by atoms with Gasteiger partial charge in [0.1, 0.15) is 6.04 Å². The first-order valence-electron chi connectivity index (χ1n) is 6.70. The molecule has 2 atom stereocenters. The van der Waals surface area contributed by atoms with Gasteiger partial charge in [0.05, 0.1) is 7.11 Å². The standard InChI is InChI=1S/C14H15F4N3O2/c1-12(2)6-13(22,14(16,17)18)11(20-21-19)7-4-5-8(15)10(23-3)9(7)12/h4-5,11,22H,6H2,1-3H3. The maximum Gasteiger partial charge on any atom is 0.417 e. The van der Waals surface area contributed by atoms with Crippen molar-refractivity contribution in [2.24, 2.45) is 5.11 Å². The summed E-state index contributed by atoms with van der Waals surface area (Å²) in [7, 11) is 1.20. The predicted molar refractivity (Wildman–Crippen MR) is 73.5 cm³/mol. The Hall–Kier alpha value is -1.99. The van der Waals surface area contributed by atoms with E-state index in [0.717, 1.165) is 12.1 Å². The van der Waals surface area contributed by atoms with E-state index in [1.165, 1.54) is 21.0 Å². The molecule has 5 nitrogen and oxygen atoms in total. The van der Waals surface area contributed by atoms with E-state index in [2.05, 4.69) is 10.0 Å². The van der Waals surface area contributed by atoms with E-state index in [-0.39, 0.29) is 16.9 Å². The lowest BCUT2D eigenvalue weighted by Crippen LogP contribution is -2.56. The minimum absolute atomic E-state index is 0.0999. The molecule has 0 heterocycles. The number of methoxy groups -OCH3 is 1. The average molecular weight is 333 g/mol. The van der Waals surface area contributed by atoms with Gasteiger partial charge in [0.2, 0.25) is 0 Å². The number of benzene rings is 1. The Kier molecular flexibility index (Phi) is 3.99. The van der Waals surface area contributed by atoms with Crippen molar-refractivity contribution >= 4 is 0 Å². The first-order chi connectivity index (χ1) is 10.5. The summed E-state index contributed by atoms with van der Waals surface area (Å²) in [4.78, 5) is 2.42. The van der Waals surface area contributed by atoms with Gasteiger partial charge in [0.15, 0.2) is 17.2 Å². The minimum Gasteiger partial charge on any atom is -0.493 e. The van der Waals surface area contributed by atoms with Crippen LogP contribution in [0, 0.1) is 5.82 Å². The summed E-state index contributed by atoms with van der Waals surface area (Å²) in [6.45, 7) is 2.88. The van der Waals surface area contributed by atoms with E-state index in [0.29, 0.717) is 0 Å². The zero-order valence-corrected chi connectivity index (χ0v) is 12.6. The van der Waals surface area contributed by atoms with Crippen LogP contribution in [0.25, 0.3) is 10.4 Å². The average Bonchev–Trinajstić information content (AvgIpc) is 2.41. The van der Waals surface area contributed by atoms with Gasteiger partial charge in [0.25, 0.3) is 0 Å². The fraction of sp³-hybridized carbons (Fsp3) is 0.571. The largest absolute Gasteiger partial charge is 0.493 e. The Morgan fingerprint density at radius 1 is 1.39 bits per heavy atom. The molecule has 1 aromatic carbocycles. The van der Waals surface area contributed by atoms with Crippen LogP contribution in [0.1, 0.15) is 37.4 Å². The molecule has 2 unspecified atom stereocenters. The number of azide groups is 1. The van der Waals surface area contributed by atoms with Crippen LogP contribution in [0.3, 0.4) is 0 Å². The summed E-state index contributed by atoms with van der Waals surface area (Å²) in [5.41, 5.74) is 4.18. The second-order valence-corrected chi connectivity index (χ2v) is 6.13. The molecule has 0 radical (unpaired) electrons. The Balaban J connectivity index is 2.86. The predicted octanol–water partition coefficient (Wildman–Crippen LogP) is 4.16. The van der Waals surface area contributed by atoms with Gasteiger partial charge >= 0.3 is 6.18 Å². The highest BCUT2D eigenvalue weighted by Crippen LogP contribution is 2.57. The van der Waals surface area contributed by atoms with Crippen molar-refractivity contribution in [3.63, 3.8) is 0 Å². The topological polar surface area (TPSA) is 78.2 Å². The molecule has 0 amide bonds. The summed E-state index contributed by atoms with van der Waals surface area (Å²) < 4.78 is 59.3. The lowest BCUT2D eigenvalue weighted by Gasteiger charge is -2.47. The van der Waals surface area contributed by atoms with Gasteiger partial charge in [-0.15, -0.1) is 0 Å². The van der Waals surface area contributed by atoms with Crippen LogP contribution < -0.4 is 4.74 Å². The van der Waals surface area contributed by atoms with Crippen LogP contribution in [0.2, 0.25) is 0 Å². The maximum absolute atomic E-state index is 13.9. The second kappa shape index (κ2) is 5.28. The number of aliphatic hydroxyl groups is 1. The van der Waals surface area contributed by atoms with Crippen LogP contribution in [0.15, 0.2) is 17.2 Å². The molecule has 23 heavy (non-hydrogen) atoms. The molecule has 1 aliphatic carbocycles. The SMILES string of the molecule is COc1c(F)ccc2c1C(C)(C)CC(O)(C(F)(F)F)C2N=[N+]=[N-]. The third kappa shape index (κ3) is 2.49. The monoisotopic (exact) mass is 333 g/mol. The molecule has 0 fully saturated rings. The van der Waals surface area contributed by atoms with Crippen LogP contribution in [-0.4, -0.2) is 24.0 Å². The van der Waals surface area contributed by atoms with Gasteiger partial charge in [0, 0.05) is 10.5 Å². The summed E-state index contributed by atoms with van der Waals surface area (Å²) in [5.74, 6) is -0.952. The highest BCUT2D eigenvalue weighted by atomic mass is 19.4. The lowest BCUT2D eigenvalue weighted by molar-refractivity contribution is -0.278. The van der Waals surface area contributed by atoms with Crippen molar-refractivity contribution in [2.75, 3.05) is 7.11 Å². The van der Waals surface area contributed by atoms with Gasteiger partial charge in [-0.05, 0) is 29.0 Å². The van der Waals surface area contributed by atoms with Gasteiger partial charge in [-0.1, -0.05) is 25.0 Å². The van der Waals surface area contributed by atoms with Gasteiger partial charge in [-0.2, -0.15) is 13.2 Å². The Morgan fingerprint density at radius 2 is 2.00 bits per heavy atom. The number of nitrogens with zero attached hydrogens (tertiary/aromatic N) is 3. The Bertz CT molecular complexity index is 683. The zero-order chi connectivity index (χ0) is 17.6. The molecule has 0 bridgehead atoms. The van der Waals surface area contributed by atoms with E-state index < -0.39 is 35.5 Å². The molecule has 0 aliphatic heterocycles. The molecule has 126 valence electrons. The number of rotatable bonds is 2. The fourth-order valence-electron chi connectivity index (χ4n) is 3.28. The number of alkyl halides is 3. The molecule has 9 heteroatoms. The van der Waals surface area contributed by atoms with Crippen molar-refractivity contribution in [2.45, 2.75) is 43.5 Å². The Morgan fingerprint density at radius 3 is 2.48 bits per heavy atom. The van der Waals surface area contributed by atoms with Crippen molar-refractivity contribution in [1.29, 1.82) is 0 Å². The number of halogens is 4. The highest BCUT2D eigenvalue weighted by molar-refractivity contribution is 5.51. The molecule has 0 spiro atoms. The Labute approximate surface area is 129 Å². The summed E-state index contributed by atoms with van der Waals surface area (Å²) >= 11 is 0. The summed E-state index contributed by atoms with van der Waals surface area (Å²) in [5, 5.41) is 13.4. The molecule has 0 saturated carbocycles. The minimum atomic E-state index is -5.03. The van der Waals surface area contributed by atoms with E-state index >= 15 is 0 Å². The molecule has 0 saturated heterocycles. The third-order valence-electron chi connectivity index (χ3n) is 4.14. The van der Waals surface area contributed by atoms with Crippen molar-refractivity contribution in [3.8, 4) is 5.75 Å². The van der Waals surface area contributed by atoms with Gasteiger partial charge in [-0.3, -0.25) is 0 Å². The third-order valence-corrected chi connectivity index (χ3v) is 4.14. The van der Waals surface area contributed by atoms with Gasteiger partial charge in [-0.25, -0.2) is 4.39 Å². The van der Waals surface area contributed by atoms with Crippen molar-refractivity contribution in [1.82, 2.24) is 0 Å². The van der Waals surface area contributed by atoms with E-state index in [4.69, 9.17) is 10.3 Å². The molecular weight excluding hydrogens is 318 g/mol. The highest BCUT2D eigenvalue weighted by Gasteiger charge is 2.64. The van der Waals surface area contributed by atoms with Crippen LogP contribution in [0.4, 0.5) is 17.6 Å². The van der Waals surface area contributed by atoms with Crippen LogP contribution in [-0.2, 0) is 5.41 Å². The summed E-state index contributed by atoms with van der Waals surface area (Å²) in [6, 6.07) is 0.0879. The lowest BCUT2D eigenvalue weighted by atomic mass is 9.63. The van der Waals surface area contributed by atoms with Crippen LogP contribution >= 0.6 is 0 Å². The van der Waals surface area contributed by atoms with E-state index in [9.17, 15) is 22.7 Å². The van der Waals surface area contributed by atoms with Gasteiger partial charge < -0.3 is 9.84 Å². The number of fused-ring (bicyclic) bond motifs is 1. The molecule has 1 aliphatic rings. The van der Waals surface area contributed by atoms with E-state index in [1.807, 2.05) is 0 Å². The van der Waals surface area contributed by atoms with Crippen molar-refractivity contribution < 1.29 is 27.4 Å². The molecule has 2 rings (SSSR count). The maximum atomic E-state index is 13.9. The molecule has 0 aromatic heterocycles. The fourth-order valence-corrected chi connectivity index (χ4v) is 3.28. The number of ether oxygens (including phenoxy) is 1. The molecule has 1 N–H and O–H groups in total. The molecule has 1 aromatic rings. The van der Waals surface area contributed by atoms with Crippen molar-refractivity contribution in [3.05, 3.63) is 39.5 Å². The first-order valence-corrected chi connectivity index (χ1v) is 6.70.